The summed E-state index contributed by atoms with van der Waals surface area (Å²) in [6, 6.07) is 3.94. The highest BCUT2D eigenvalue weighted by molar-refractivity contribution is 5.91. The fraction of sp³-hybridized carbons (Fsp3) is 0.200. The molecule has 0 aliphatic carbocycles. The number of carbonyl (C=O) groups excluding carboxylic acids is 1. The van der Waals surface area contributed by atoms with Gasteiger partial charge in [-0.1, -0.05) is 0 Å². The third-order valence-corrected chi connectivity index (χ3v) is 1.91. The molecule has 85 valence electrons. The van der Waals surface area contributed by atoms with E-state index in [-0.39, 0.29) is 11.4 Å². The van der Waals surface area contributed by atoms with E-state index in [9.17, 15) is 20.0 Å². The van der Waals surface area contributed by atoms with Crippen molar-refractivity contribution in [3.63, 3.8) is 0 Å². The lowest BCUT2D eigenvalue weighted by Gasteiger charge is -2.08. The summed E-state index contributed by atoms with van der Waals surface area (Å²) >= 11 is 0. The van der Waals surface area contributed by atoms with Crippen LogP contribution in [0, 0.1) is 17.0 Å². The summed E-state index contributed by atoms with van der Waals surface area (Å²) in [5.41, 5.74) is 0.228. The molecule has 16 heavy (non-hydrogen) atoms. The molecule has 0 aromatic heterocycles. The second kappa shape index (κ2) is 4.71. The zero-order valence-electron chi connectivity index (χ0n) is 8.64. The smallest absolute Gasteiger partial charge is 0.292 e. The number of carbonyl (C=O) groups is 1. The molecular formula is C10H11N2O4. The van der Waals surface area contributed by atoms with Crippen molar-refractivity contribution < 1.29 is 14.8 Å². The SMILES string of the molecule is [CH2]C(O)c1ccc([N+](=O)[O-])c(NC(C)=O)c1. The van der Waals surface area contributed by atoms with Gasteiger partial charge in [-0.15, -0.1) is 0 Å². The summed E-state index contributed by atoms with van der Waals surface area (Å²) in [6.07, 6.45) is -0.992. The number of amides is 1. The molecule has 6 heteroatoms. The molecule has 0 saturated carbocycles. The molecule has 0 spiro atoms. The highest BCUT2D eigenvalue weighted by Crippen LogP contribution is 2.27. The van der Waals surface area contributed by atoms with Gasteiger partial charge in [-0.05, 0) is 24.6 Å². The number of nitro benzene ring substituents is 1. The summed E-state index contributed by atoms with van der Waals surface area (Å²) in [5, 5.41) is 22.2. The summed E-state index contributed by atoms with van der Waals surface area (Å²) in [6.45, 7) is 4.62. The second-order valence-corrected chi connectivity index (χ2v) is 3.23. The molecule has 1 amide bonds. The van der Waals surface area contributed by atoms with E-state index in [4.69, 9.17) is 0 Å². The molecule has 0 heterocycles. The maximum atomic E-state index is 10.9. The minimum absolute atomic E-state index is 0.0534. The zero-order chi connectivity index (χ0) is 12.3. The van der Waals surface area contributed by atoms with Gasteiger partial charge in [-0.3, -0.25) is 14.9 Å². The molecule has 0 aliphatic rings. The van der Waals surface area contributed by atoms with Crippen LogP contribution in [0.25, 0.3) is 0 Å². The Morgan fingerprint density at radius 2 is 2.25 bits per heavy atom. The maximum absolute atomic E-state index is 10.9. The van der Waals surface area contributed by atoms with Crippen LogP contribution in [0.1, 0.15) is 18.6 Å². The highest BCUT2D eigenvalue weighted by atomic mass is 16.6. The molecule has 0 bridgehead atoms. The minimum atomic E-state index is -0.992. The fourth-order valence-electron chi connectivity index (χ4n) is 1.21. The maximum Gasteiger partial charge on any atom is 0.292 e. The van der Waals surface area contributed by atoms with Crippen LogP contribution in [0.5, 0.6) is 0 Å². The Morgan fingerprint density at radius 3 is 2.69 bits per heavy atom. The lowest BCUT2D eigenvalue weighted by Crippen LogP contribution is -2.08. The van der Waals surface area contributed by atoms with Crippen LogP contribution in [0.15, 0.2) is 18.2 Å². The number of hydrogen-bond acceptors (Lipinski definition) is 4. The van der Waals surface area contributed by atoms with Crippen molar-refractivity contribution in [3.05, 3.63) is 40.8 Å². The van der Waals surface area contributed by atoms with E-state index < -0.39 is 16.9 Å². The van der Waals surface area contributed by atoms with Crippen LogP contribution >= 0.6 is 0 Å². The van der Waals surface area contributed by atoms with E-state index in [1.807, 2.05) is 0 Å². The van der Waals surface area contributed by atoms with Gasteiger partial charge in [0.05, 0.1) is 11.0 Å². The van der Waals surface area contributed by atoms with Gasteiger partial charge >= 0.3 is 0 Å². The number of aliphatic hydroxyl groups is 1. The van der Waals surface area contributed by atoms with Crippen molar-refractivity contribution in [2.45, 2.75) is 13.0 Å². The van der Waals surface area contributed by atoms with Gasteiger partial charge in [0.15, 0.2) is 0 Å². The molecule has 2 N–H and O–H groups in total. The molecule has 1 aromatic rings. The van der Waals surface area contributed by atoms with Gasteiger partial charge in [0.2, 0.25) is 5.91 Å². The van der Waals surface area contributed by atoms with E-state index in [0.29, 0.717) is 5.56 Å². The third-order valence-electron chi connectivity index (χ3n) is 1.91. The molecular weight excluding hydrogens is 212 g/mol. The van der Waals surface area contributed by atoms with Crippen molar-refractivity contribution in [2.24, 2.45) is 0 Å². The Balaban J connectivity index is 3.20. The molecule has 1 unspecified atom stereocenters. The average molecular weight is 223 g/mol. The molecule has 1 atom stereocenters. The quantitative estimate of drug-likeness (QED) is 0.598. The van der Waals surface area contributed by atoms with Gasteiger partial charge in [0.25, 0.3) is 5.69 Å². The lowest BCUT2D eigenvalue weighted by molar-refractivity contribution is -0.383. The van der Waals surface area contributed by atoms with Gasteiger partial charge < -0.3 is 10.4 Å². The van der Waals surface area contributed by atoms with Crippen molar-refractivity contribution in [1.82, 2.24) is 0 Å². The predicted molar refractivity (Wildman–Crippen MR) is 57.7 cm³/mol. The van der Waals surface area contributed by atoms with Crippen molar-refractivity contribution >= 4 is 17.3 Å². The van der Waals surface area contributed by atoms with Crippen molar-refractivity contribution in [2.75, 3.05) is 5.32 Å². The summed E-state index contributed by atoms with van der Waals surface area (Å²) < 4.78 is 0. The van der Waals surface area contributed by atoms with Crippen LogP contribution in [0.2, 0.25) is 0 Å². The Hall–Kier alpha value is -1.95. The Morgan fingerprint density at radius 1 is 1.62 bits per heavy atom. The standard InChI is InChI=1S/C10H11N2O4/c1-6(13)8-3-4-10(12(15)16)9(5-8)11-7(2)14/h3-6,13H,1H2,2H3,(H,11,14). The topological polar surface area (TPSA) is 92.5 Å². The number of anilines is 1. The number of benzene rings is 1. The number of aliphatic hydroxyl groups excluding tert-OH is 1. The normalized spacial score (nSPS) is 11.9. The van der Waals surface area contributed by atoms with Crippen LogP contribution in [-0.4, -0.2) is 15.9 Å². The first-order valence-corrected chi connectivity index (χ1v) is 4.49. The number of nitrogens with zero attached hydrogens (tertiary/aromatic N) is 1. The van der Waals surface area contributed by atoms with Gasteiger partial charge in [0.1, 0.15) is 5.69 Å². The average Bonchev–Trinajstić information content (AvgIpc) is 2.15. The lowest BCUT2D eigenvalue weighted by atomic mass is 10.1. The zero-order valence-corrected chi connectivity index (χ0v) is 8.64. The van der Waals surface area contributed by atoms with Crippen molar-refractivity contribution in [1.29, 1.82) is 0 Å². The number of hydrogen-bond donors (Lipinski definition) is 2. The van der Waals surface area contributed by atoms with Gasteiger partial charge in [0, 0.05) is 13.0 Å². The van der Waals surface area contributed by atoms with Crippen molar-refractivity contribution in [3.8, 4) is 0 Å². The van der Waals surface area contributed by atoms with E-state index in [2.05, 4.69) is 12.2 Å². The van der Waals surface area contributed by atoms with E-state index >= 15 is 0 Å². The number of nitrogens with one attached hydrogen (secondary N) is 1. The summed E-state index contributed by atoms with van der Waals surface area (Å²) in [7, 11) is 0. The predicted octanol–water partition coefficient (Wildman–Crippen LogP) is 1.42. The molecule has 0 fully saturated rings. The van der Waals surface area contributed by atoms with Crippen LogP contribution in [0.3, 0.4) is 0 Å². The fourth-order valence-corrected chi connectivity index (χ4v) is 1.21. The Labute approximate surface area is 92.0 Å². The molecule has 1 rings (SSSR count). The number of rotatable bonds is 3. The van der Waals surface area contributed by atoms with E-state index in [0.717, 1.165) is 0 Å². The van der Waals surface area contributed by atoms with E-state index in [1.165, 1.54) is 25.1 Å². The molecule has 0 saturated heterocycles. The summed E-state index contributed by atoms with van der Waals surface area (Å²) in [4.78, 5) is 20.9. The largest absolute Gasteiger partial charge is 0.388 e. The van der Waals surface area contributed by atoms with Crippen LogP contribution in [0.4, 0.5) is 11.4 Å². The molecule has 0 aliphatic heterocycles. The second-order valence-electron chi connectivity index (χ2n) is 3.23. The van der Waals surface area contributed by atoms with Gasteiger partial charge in [-0.2, -0.15) is 0 Å². The first kappa shape index (κ1) is 12.1. The highest BCUT2D eigenvalue weighted by Gasteiger charge is 2.16. The van der Waals surface area contributed by atoms with Gasteiger partial charge in [-0.25, -0.2) is 0 Å². The molecule has 1 radical (unpaired) electrons. The first-order valence-electron chi connectivity index (χ1n) is 4.49. The van der Waals surface area contributed by atoms with Crippen LogP contribution in [-0.2, 0) is 4.79 Å². The Bertz CT molecular complexity index is 429. The summed E-state index contributed by atoms with van der Waals surface area (Å²) in [5.74, 6) is -0.418. The molecule has 6 nitrogen and oxygen atoms in total. The Kier molecular flexibility index (Phi) is 3.57. The van der Waals surface area contributed by atoms with Crippen LogP contribution < -0.4 is 5.32 Å². The minimum Gasteiger partial charge on any atom is -0.388 e. The van der Waals surface area contributed by atoms with E-state index in [1.54, 1.807) is 0 Å². The third kappa shape index (κ3) is 2.77. The molecule has 1 aromatic carbocycles. The number of nitro groups is 1. The monoisotopic (exact) mass is 223 g/mol. The first-order chi connectivity index (χ1) is 7.41.